The lowest BCUT2D eigenvalue weighted by Gasteiger charge is -2.44. The molecular weight excluding hydrogens is 214 g/mol. The zero-order chi connectivity index (χ0) is 12.5. The molecule has 1 saturated heterocycles. The SMILES string of the molecule is C[C@H]1CN(Cc2cccc(O)c2)C(C)(C)CO1. The van der Waals surface area contributed by atoms with E-state index in [1.807, 2.05) is 12.1 Å². The Kier molecular flexibility index (Phi) is 3.40. The first-order chi connectivity index (χ1) is 7.97. The average molecular weight is 235 g/mol. The molecule has 2 rings (SSSR count). The Morgan fingerprint density at radius 1 is 1.47 bits per heavy atom. The van der Waals surface area contributed by atoms with Crippen molar-refractivity contribution >= 4 is 0 Å². The van der Waals surface area contributed by atoms with Crippen molar-refractivity contribution in [3.8, 4) is 5.75 Å². The Labute approximate surface area is 103 Å². The van der Waals surface area contributed by atoms with Gasteiger partial charge in [-0.05, 0) is 38.5 Å². The number of ether oxygens (including phenoxy) is 1. The molecule has 94 valence electrons. The minimum atomic E-state index is 0.0535. The van der Waals surface area contributed by atoms with E-state index in [9.17, 15) is 5.11 Å². The summed E-state index contributed by atoms with van der Waals surface area (Å²) in [5.74, 6) is 0.335. The number of aromatic hydroxyl groups is 1. The Hall–Kier alpha value is -1.06. The number of rotatable bonds is 2. The van der Waals surface area contributed by atoms with Crippen LogP contribution in [-0.2, 0) is 11.3 Å². The largest absolute Gasteiger partial charge is 0.508 e. The van der Waals surface area contributed by atoms with Gasteiger partial charge in [-0.25, -0.2) is 0 Å². The second-order valence-corrected chi connectivity index (χ2v) is 5.48. The van der Waals surface area contributed by atoms with Gasteiger partial charge in [0.15, 0.2) is 0 Å². The van der Waals surface area contributed by atoms with Crippen molar-refractivity contribution < 1.29 is 9.84 Å². The third-order valence-corrected chi connectivity index (χ3v) is 3.34. The Balaban J connectivity index is 2.11. The first-order valence-electron chi connectivity index (χ1n) is 6.12. The first-order valence-corrected chi connectivity index (χ1v) is 6.12. The Morgan fingerprint density at radius 2 is 2.24 bits per heavy atom. The minimum Gasteiger partial charge on any atom is -0.508 e. The molecule has 0 bridgehead atoms. The molecule has 0 unspecified atom stereocenters. The van der Waals surface area contributed by atoms with Gasteiger partial charge < -0.3 is 9.84 Å². The Bertz CT molecular complexity index is 390. The van der Waals surface area contributed by atoms with Crippen molar-refractivity contribution in [1.82, 2.24) is 4.90 Å². The summed E-state index contributed by atoms with van der Waals surface area (Å²) in [6.07, 6.45) is 0.278. The highest BCUT2D eigenvalue weighted by atomic mass is 16.5. The fraction of sp³-hybridized carbons (Fsp3) is 0.571. The maximum absolute atomic E-state index is 9.48. The van der Waals surface area contributed by atoms with Crippen molar-refractivity contribution in [2.24, 2.45) is 0 Å². The van der Waals surface area contributed by atoms with Gasteiger partial charge in [-0.2, -0.15) is 0 Å². The highest BCUT2D eigenvalue weighted by molar-refractivity contribution is 5.27. The lowest BCUT2D eigenvalue weighted by Crippen LogP contribution is -2.54. The summed E-state index contributed by atoms with van der Waals surface area (Å²) in [7, 11) is 0. The molecule has 1 fully saturated rings. The molecule has 0 aliphatic carbocycles. The van der Waals surface area contributed by atoms with E-state index in [2.05, 4.69) is 31.7 Å². The van der Waals surface area contributed by atoms with E-state index in [0.29, 0.717) is 5.75 Å². The number of nitrogens with zero attached hydrogens (tertiary/aromatic N) is 1. The third-order valence-electron chi connectivity index (χ3n) is 3.34. The summed E-state index contributed by atoms with van der Waals surface area (Å²) in [5, 5.41) is 9.48. The first kappa shape index (κ1) is 12.4. The molecule has 0 amide bonds. The van der Waals surface area contributed by atoms with E-state index in [0.717, 1.165) is 25.3 Å². The molecule has 1 atom stereocenters. The second kappa shape index (κ2) is 4.67. The van der Waals surface area contributed by atoms with Crippen LogP contribution in [0.3, 0.4) is 0 Å². The van der Waals surface area contributed by atoms with Crippen LogP contribution < -0.4 is 0 Å². The fourth-order valence-electron chi connectivity index (χ4n) is 2.20. The number of phenolic OH excluding ortho intramolecular Hbond substituents is 1. The van der Waals surface area contributed by atoms with Gasteiger partial charge in [-0.3, -0.25) is 4.90 Å². The van der Waals surface area contributed by atoms with Crippen LogP contribution in [0.2, 0.25) is 0 Å². The molecule has 3 nitrogen and oxygen atoms in total. The van der Waals surface area contributed by atoms with Crippen molar-refractivity contribution in [3.05, 3.63) is 29.8 Å². The topological polar surface area (TPSA) is 32.7 Å². The highest BCUT2D eigenvalue weighted by Gasteiger charge is 2.33. The molecule has 3 heteroatoms. The molecule has 1 N–H and O–H groups in total. The summed E-state index contributed by atoms with van der Waals surface area (Å²) in [5.41, 5.74) is 1.20. The van der Waals surface area contributed by atoms with Crippen LogP contribution in [0.1, 0.15) is 26.3 Å². The smallest absolute Gasteiger partial charge is 0.115 e. The number of morpholine rings is 1. The van der Waals surface area contributed by atoms with Gasteiger partial charge in [0.2, 0.25) is 0 Å². The second-order valence-electron chi connectivity index (χ2n) is 5.48. The predicted molar refractivity (Wildman–Crippen MR) is 68.0 cm³/mol. The zero-order valence-corrected chi connectivity index (χ0v) is 10.8. The third kappa shape index (κ3) is 2.99. The molecule has 17 heavy (non-hydrogen) atoms. The van der Waals surface area contributed by atoms with Crippen LogP contribution in [0, 0.1) is 0 Å². The van der Waals surface area contributed by atoms with Crippen LogP contribution in [0.4, 0.5) is 0 Å². The molecule has 1 aliphatic rings. The molecular formula is C14H21NO2. The molecule has 1 aromatic carbocycles. The van der Waals surface area contributed by atoms with Gasteiger partial charge >= 0.3 is 0 Å². The van der Waals surface area contributed by atoms with Gasteiger partial charge in [-0.1, -0.05) is 12.1 Å². The van der Waals surface area contributed by atoms with Crippen molar-refractivity contribution in [3.63, 3.8) is 0 Å². The molecule has 0 radical (unpaired) electrons. The maximum Gasteiger partial charge on any atom is 0.115 e. The molecule has 1 heterocycles. The molecule has 0 aromatic heterocycles. The molecule has 1 aliphatic heterocycles. The zero-order valence-electron chi connectivity index (χ0n) is 10.8. The van der Waals surface area contributed by atoms with Crippen LogP contribution in [0.25, 0.3) is 0 Å². The number of hydrogen-bond donors (Lipinski definition) is 1. The molecule has 1 aromatic rings. The summed E-state index contributed by atoms with van der Waals surface area (Å²) in [4.78, 5) is 2.41. The number of phenols is 1. The monoisotopic (exact) mass is 235 g/mol. The van der Waals surface area contributed by atoms with Crippen LogP contribution in [-0.4, -0.2) is 34.8 Å². The van der Waals surface area contributed by atoms with E-state index in [4.69, 9.17) is 4.74 Å². The maximum atomic E-state index is 9.48. The summed E-state index contributed by atoms with van der Waals surface area (Å²) in [6.45, 7) is 9.04. The van der Waals surface area contributed by atoms with E-state index in [1.165, 1.54) is 0 Å². The number of benzene rings is 1. The van der Waals surface area contributed by atoms with Crippen LogP contribution in [0.15, 0.2) is 24.3 Å². The number of hydrogen-bond acceptors (Lipinski definition) is 3. The van der Waals surface area contributed by atoms with E-state index in [-0.39, 0.29) is 11.6 Å². The highest BCUT2D eigenvalue weighted by Crippen LogP contribution is 2.25. The van der Waals surface area contributed by atoms with E-state index < -0.39 is 0 Å². The van der Waals surface area contributed by atoms with Crippen LogP contribution in [0.5, 0.6) is 5.75 Å². The predicted octanol–water partition coefficient (Wildman–Crippen LogP) is 2.39. The van der Waals surface area contributed by atoms with Gasteiger partial charge in [-0.15, -0.1) is 0 Å². The summed E-state index contributed by atoms with van der Waals surface area (Å²) < 4.78 is 5.69. The van der Waals surface area contributed by atoms with Crippen molar-refractivity contribution in [2.45, 2.75) is 39.0 Å². The van der Waals surface area contributed by atoms with Gasteiger partial charge in [0.25, 0.3) is 0 Å². The van der Waals surface area contributed by atoms with Crippen molar-refractivity contribution in [1.29, 1.82) is 0 Å². The quantitative estimate of drug-likeness (QED) is 0.854. The van der Waals surface area contributed by atoms with E-state index in [1.54, 1.807) is 6.07 Å². The van der Waals surface area contributed by atoms with Crippen LogP contribution >= 0.6 is 0 Å². The summed E-state index contributed by atoms with van der Waals surface area (Å²) >= 11 is 0. The van der Waals surface area contributed by atoms with Gasteiger partial charge in [0, 0.05) is 18.6 Å². The normalized spacial score (nSPS) is 24.8. The average Bonchev–Trinajstić information content (AvgIpc) is 2.24. The van der Waals surface area contributed by atoms with Gasteiger partial charge in [0.05, 0.1) is 12.7 Å². The fourth-order valence-corrected chi connectivity index (χ4v) is 2.20. The minimum absolute atomic E-state index is 0.0535. The standard InChI is InChI=1S/C14H21NO2/c1-11-8-15(14(2,3)10-17-11)9-12-5-4-6-13(16)7-12/h4-7,11,16H,8-10H2,1-3H3/t11-/m0/s1. The molecule has 0 saturated carbocycles. The lowest BCUT2D eigenvalue weighted by molar-refractivity contribution is -0.0949. The lowest BCUT2D eigenvalue weighted by atomic mass is 10.00. The summed E-state index contributed by atoms with van der Waals surface area (Å²) in [6, 6.07) is 7.48. The molecule has 0 spiro atoms. The van der Waals surface area contributed by atoms with E-state index >= 15 is 0 Å². The van der Waals surface area contributed by atoms with Gasteiger partial charge in [0.1, 0.15) is 5.75 Å². The Morgan fingerprint density at radius 3 is 2.94 bits per heavy atom. The van der Waals surface area contributed by atoms with Crippen molar-refractivity contribution in [2.75, 3.05) is 13.2 Å².